The Kier molecular flexibility index (Phi) is 3.69. The van der Waals surface area contributed by atoms with Crippen molar-refractivity contribution in [2.45, 2.75) is 0 Å². The van der Waals surface area contributed by atoms with Crippen molar-refractivity contribution in [2.75, 3.05) is 19.0 Å². The van der Waals surface area contributed by atoms with Crippen LogP contribution in [0.2, 0.25) is 0 Å². The highest BCUT2D eigenvalue weighted by Gasteiger charge is 2.11. The van der Waals surface area contributed by atoms with E-state index in [-0.39, 0.29) is 5.82 Å². The minimum Gasteiger partial charge on any atom is -0.378 e. The number of aromatic nitrogens is 3. The first-order valence-corrected chi connectivity index (χ1v) is 7.91. The summed E-state index contributed by atoms with van der Waals surface area (Å²) >= 11 is 0. The van der Waals surface area contributed by atoms with Crippen LogP contribution < -0.4 is 4.90 Å². The second-order valence-electron chi connectivity index (χ2n) is 5.99. The summed E-state index contributed by atoms with van der Waals surface area (Å²) in [6.07, 6.45) is 3.29. The quantitative estimate of drug-likeness (QED) is 0.567. The van der Waals surface area contributed by atoms with Crippen LogP contribution >= 0.6 is 0 Å². The van der Waals surface area contributed by atoms with E-state index in [9.17, 15) is 4.39 Å². The number of rotatable bonds is 3. The predicted octanol–water partition coefficient (Wildman–Crippen LogP) is 4.07. The minimum absolute atomic E-state index is 0.251. The van der Waals surface area contributed by atoms with Crippen molar-refractivity contribution in [1.29, 1.82) is 0 Å². The molecule has 0 spiro atoms. The van der Waals surface area contributed by atoms with Gasteiger partial charge in [0.15, 0.2) is 5.65 Å². The Hall–Kier alpha value is -3.21. The fourth-order valence-corrected chi connectivity index (χ4v) is 2.84. The summed E-state index contributed by atoms with van der Waals surface area (Å²) < 4.78 is 16.1. The Morgan fingerprint density at radius 3 is 2.52 bits per heavy atom. The lowest BCUT2D eigenvalue weighted by atomic mass is 10.0. The lowest BCUT2D eigenvalue weighted by molar-refractivity contribution is 0.631. The fraction of sp³-hybridized carbons (Fsp3) is 0.100. The van der Waals surface area contributed by atoms with Crippen molar-refractivity contribution in [1.82, 2.24) is 14.6 Å². The highest BCUT2D eigenvalue weighted by molar-refractivity contribution is 5.73. The molecule has 0 aliphatic carbocycles. The Morgan fingerprint density at radius 2 is 1.76 bits per heavy atom. The van der Waals surface area contributed by atoms with Gasteiger partial charge in [-0.2, -0.15) is 5.10 Å². The van der Waals surface area contributed by atoms with Crippen LogP contribution in [0, 0.1) is 11.9 Å². The van der Waals surface area contributed by atoms with E-state index in [0.717, 1.165) is 22.5 Å². The highest BCUT2D eigenvalue weighted by Crippen LogP contribution is 2.30. The zero-order chi connectivity index (χ0) is 17.4. The fourth-order valence-electron chi connectivity index (χ4n) is 2.84. The largest absolute Gasteiger partial charge is 0.378 e. The molecule has 0 amide bonds. The molecule has 0 aliphatic rings. The molecule has 0 saturated carbocycles. The summed E-state index contributed by atoms with van der Waals surface area (Å²) in [6, 6.07) is 17.7. The molecule has 0 unspecified atom stereocenters. The molecule has 0 fully saturated rings. The number of hydrogen-bond acceptors (Lipinski definition) is 3. The normalized spacial score (nSPS) is 11.0. The van der Waals surface area contributed by atoms with E-state index < -0.39 is 0 Å². The van der Waals surface area contributed by atoms with E-state index in [1.807, 2.05) is 55.4 Å². The molecule has 0 aliphatic heterocycles. The molecule has 123 valence electrons. The van der Waals surface area contributed by atoms with E-state index >= 15 is 0 Å². The number of nitrogens with zero attached hydrogens (tertiary/aromatic N) is 4. The molecule has 2 aromatic carbocycles. The zero-order valence-electron chi connectivity index (χ0n) is 13.9. The van der Waals surface area contributed by atoms with E-state index in [1.165, 1.54) is 6.07 Å². The van der Waals surface area contributed by atoms with Gasteiger partial charge in [-0.1, -0.05) is 12.1 Å². The molecule has 0 atom stereocenters. The van der Waals surface area contributed by atoms with Crippen molar-refractivity contribution >= 4 is 11.3 Å². The SMILES string of the molecule is CN(C)c1ccc(-c2cc(-c3ccnc4[c]cnn34)ccc2F)cc1. The van der Waals surface area contributed by atoms with Gasteiger partial charge >= 0.3 is 0 Å². The third-order valence-electron chi connectivity index (χ3n) is 4.18. The Bertz CT molecular complexity index is 1040. The number of halogens is 1. The van der Waals surface area contributed by atoms with Gasteiger partial charge in [-0.15, -0.1) is 0 Å². The predicted molar refractivity (Wildman–Crippen MR) is 97.0 cm³/mol. The molecule has 4 aromatic rings. The van der Waals surface area contributed by atoms with Gasteiger partial charge in [0.05, 0.1) is 18.0 Å². The lowest BCUT2D eigenvalue weighted by Crippen LogP contribution is -2.07. The average Bonchev–Trinajstić information content (AvgIpc) is 3.11. The van der Waals surface area contributed by atoms with Gasteiger partial charge in [-0.25, -0.2) is 13.9 Å². The average molecular weight is 331 g/mol. The number of fused-ring (bicyclic) bond motifs is 1. The molecule has 2 heterocycles. The van der Waals surface area contributed by atoms with E-state index in [0.29, 0.717) is 11.2 Å². The van der Waals surface area contributed by atoms with Gasteiger partial charge in [0.25, 0.3) is 0 Å². The Balaban J connectivity index is 1.82. The van der Waals surface area contributed by atoms with Gasteiger partial charge in [-0.3, -0.25) is 0 Å². The second-order valence-corrected chi connectivity index (χ2v) is 5.99. The lowest BCUT2D eigenvalue weighted by Gasteiger charge is -2.13. The maximum Gasteiger partial charge on any atom is 0.163 e. The minimum atomic E-state index is -0.251. The highest BCUT2D eigenvalue weighted by atomic mass is 19.1. The van der Waals surface area contributed by atoms with E-state index in [4.69, 9.17) is 0 Å². The third-order valence-corrected chi connectivity index (χ3v) is 4.18. The third kappa shape index (κ3) is 2.74. The zero-order valence-corrected chi connectivity index (χ0v) is 13.9. The molecule has 4 rings (SSSR count). The molecule has 0 N–H and O–H groups in total. The van der Waals surface area contributed by atoms with E-state index in [1.54, 1.807) is 23.0 Å². The van der Waals surface area contributed by atoms with Gasteiger partial charge in [-0.05, 0) is 42.0 Å². The van der Waals surface area contributed by atoms with Crippen molar-refractivity contribution in [2.24, 2.45) is 0 Å². The monoisotopic (exact) mass is 331 g/mol. The molecule has 0 bridgehead atoms. The number of anilines is 1. The van der Waals surface area contributed by atoms with Crippen LogP contribution in [0.15, 0.2) is 60.9 Å². The van der Waals surface area contributed by atoms with Crippen LogP contribution in [0.3, 0.4) is 0 Å². The molecule has 25 heavy (non-hydrogen) atoms. The first-order valence-electron chi connectivity index (χ1n) is 7.91. The van der Waals surface area contributed by atoms with Crippen LogP contribution in [0.5, 0.6) is 0 Å². The molecule has 5 heteroatoms. The van der Waals surface area contributed by atoms with Gasteiger partial charge in [0, 0.05) is 37.1 Å². The topological polar surface area (TPSA) is 33.4 Å². The first kappa shape index (κ1) is 15.3. The molecule has 4 nitrogen and oxygen atoms in total. The summed E-state index contributed by atoms with van der Waals surface area (Å²) in [5.74, 6) is -0.251. The van der Waals surface area contributed by atoms with Gasteiger partial charge < -0.3 is 4.90 Å². The Morgan fingerprint density at radius 1 is 1.00 bits per heavy atom. The maximum absolute atomic E-state index is 14.4. The van der Waals surface area contributed by atoms with Crippen molar-refractivity contribution < 1.29 is 4.39 Å². The van der Waals surface area contributed by atoms with Crippen molar-refractivity contribution in [3.63, 3.8) is 0 Å². The summed E-state index contributed by atoms with van der Waals surface area (Å²) in [4.78, 5) is 6.23. The summed E-state index contributed by atoms with van der Waals surface area (Å²) in [5, 5.41) is 4.25. The summed E-state index contributed by atoms with van der Waals surface area (Å²) in [7, 11) is 3.96. The molecular weight excluding hydrogens is 315 g/mol. The van der Waals surface area contributed by atoms with Crippen LogP contribution in [0.4, 0.5) is 10.1 Å². The summed E-state index contributed by atoms with van der Waals surface area (Å²) in [6.45, 7) is 0. The van der Waals surface area contributed by atoms with E-state index in [2.05, 4.69) is 16.1 Å². The van der Waals surface area contributed by atoms with Crippen LogP contribution in [0.1, 0.15) is 0 Å². The Labute approximate surface area is 145 Å². The molecular formula is C20H16FN4. The van der Waals surface area contributed by atoms with Crippen LogP contribution in [0.25, 0.3) is 28.0 Å². The van der Waals surface area contributed by atoms with Crippen LogP contribution in [-0.4, -0.2) is 28.7 Å². The molecule has 0 saturated heterocycles. The summed E-state index contributed by atoms with van der Waals surface area (Å²) in [5.41, 5.74) is 4.82. The van der Waals surface area contributed by atoms with Crippen molar-refractivity contribution in [3.05, 3.63) is 72.8 Å². The number of hydrogen-bond donors (Lipinski definition) is 0. The smallest absolute Gasteiger partial charge is 0.163 e. The molecule has 2 aromatic heterocycles. The maximum atomic E-state index is 14.4. The van der Waals surface area contributed by atoms with Crippen molar-refractivity contribution in [3.8, 4) is 22.4 Å². The first-order chi connectivity index (χ1) is 12.1. The standard InChI is InChI=1S/C20H16FN4/c1-24(2)16-6-3-14(4-7-16)17-13-15(5-8-18(17)21)19-9-11-22-20-10-12-23-25(19)20/h3-9,11-13H,1-2H3. The van der Waals surface area contributed by atoms with Crippen LogP contribution in [-0.2, 0) is 0 Å². The second kappa shape index (κ2) is 6.02. The van der Waals surface area contributed by atoms with Gasteiger partial charge in [0.1, 0.15) is 5.82 Å². The van der Waals surface area contributed by atoms with Gasteiger partial charge in [0.2, 0.25) is 0 Å². The molecule has 1 radical (unpaired) electrons. The number of benzene rings is 2.